The molecule has 0 spiro atoms. The van der Waals surface area contributed by atoms with E-state index in [-0.39, 0.29) is 31.1 Å². The number of esters is 3. The number of carbonyl (C=O) groups excluding carboxylic acids is 3. The van der Waals surface area contributed by atoms with Crippen molar-refractivity contribution in [1.29, 1.82) is 0 Å². The molecule has 0 aromatic carbocycles. The van der Waals surface area contributed by atoms with Crippen LogP contribution >= 0.6 is 0 Å². The Hall–Kier alpha value is -2.37. The van der Waals surface area contributed by atoms with E-state index in [1.807, 2.05) is 0 Å². The molecule has 0 saturated carbocycles. The van der Waals surface area contributed by atoms with Crippen LogP contribution in [0.1, 0.15) is 348 Å². The van der Waals surface area contributed by atoms with E-state index in [0.717, 1.165) is 89.9 Å². The van der Waals surface area contributed by atoms with E-state index in [4.69, 9.17) is 14.2 Å². The van der Waals surface area contributed by atoms with Crippen LogP contribution in [-0.2, 0) is 28.6 Å². The molecule has 6 nitrogen and oxygen atoms in total. The van der Waals surface area contributed by atoms with Crippen molar-refractivity contribution in [3.05, 3.63) is 36.5 Å². The number of hydrogen-bond donors (Lipinski definition) is 0. The molecule has 0 heterocycles. The van der Waals surface area contributed by atoms with Gasteiger partial charge in [0.2, 0.25) is 0 Å². The number of unbranched alkanes of at least 4 members (excludes halogenated alkanes) is 42. The van der Waals surface area contributed by atoms with Crippen LogP contribution in [0, 0.1) is 0 Å². The zero-order valence-electron chi connectivity index (χ0n) is 48.5. The second-order valence-electron chi connectivity index (χ2n) is 21.7. The number of ether oxygens (including phenoxy) is 3. The highest BCUT2D eigenvalue weighted by molar-refractivity contribution is 5.71. The molecule has 0 bridgehead atoms. The van der Waals surface area contributed by atoms with Gasteiger partial charge in [-0.3, -0.25) is 14.4 Å². The lowest BCUT2D eigenvalue weighted by Gasteiger charge is -2.18. The summed E-state index contributed by atoms with van der Waals surface area (Å²) in [7, 11) is 0. The lowest BCUT2D eigenvalue weighted by Crippen LogP contribution is -2.30. The summed E-state index contributed by atoms with van der Waals surface area (Å²) in [5.74, 6) is -0.883. The molecule has 0 aromatic rings. The van der Waals surface area contributed by atoms with Gasteiger partial charge in [-0.2, -0.15) is 0 Å². The van der Waals surface area contributed by atoms with Crippen LogP contribution in [0.25, 0.3) is 0 Å². The minimum Gasteiger partial charge on any atom is -0.462 e. The standard InChI is InChI=1S/C66H122O6/c1-4-7-10-13-16-18-20-22-23-24-25-26-27-28-29-30-31-32-33-34-35-36-37-38-39-40-41-42-43-45-46-48-50-53-56-59-65(68)71-62-63(61-70-64(67)58-55-52-15-12-9-6-3)72-66(69)60-57-54-51-49-47-44-21-19-17-14-11-8-5-2/h11,14,19,21,24-25,63H,4-10,12-13,15-18,20,22-23,26-62H2,1-3H3/b14-11-,21-19-,25-24-. The second-order valence-corrected chi connectivity index (χ2v) is 21.7. The Bertz CT molecular complexity index is 1210. The molecule has 72 heavy (non-hydrogen) atoms. The number of rotatable bonds is 59. The second kappa shape index (κ2) is 61.2. The summed E-state index contributed by atoms with van der Waals surface area (Å²) < 4.78 is 16.7. The van der Waals surface area contributed by atoms with Crippen molar-refractivity contribution >= 4 is 17.9 Å². The summed E-state index contributed by atoms with van der Waals surface area (Å²) >= 11 is 0. The minimum absolute atomic E-state index is 0.0741. The van der Waals surface area contributed by atoms with Crippen molar-refractivity contribution in [3.63, 3.8) is 0 Å². The van der Waals surface area contributed by atoms with Gasteiger partial charge in [0.05, 0.1) is 0 Å². The van der Waals surface area contributed by atoms with Crippen molar-refractivity contribution in [1.82, 2.24) is 0 Å². The molecule has 1 atom stereocenters. The van der Waals surface area contributed by atoms with Crippen molar-refractivity contribution in [2.24, 2.45) is 0 Å². The van der Waals surface area contributed by atoms with E-state index in [2.05, 4.69) is 57.2 Å². The summed E-state index contributed by atoms with van der Waals surface area (Å²) in [6.07, 6.45) is 75.1. The lowest BCUT2D eigenvalue weighted by molar-refractivity contribution is -0.167. The largest absolute Gasteiger partial charge is 0.462 e. The third kappa shape index (κ3) is 58.5. The van der Waals surface area contributed by atoms with Crippen molar-refractivity contribution in [3.8, 4) is 0 Å². The van der Waals surface area contributed by atoms with E-state index >= 15 is 0 Å². The molecule has 0 aromatic heterocycles. The first kappa shape index (κ1) is 69.6. The summed E-state index contributed by atoms with van der Waals surface area (Å²) in [5, 5.41) is 0. The molecular formula is C66H122O6. The molecule has 0 amide bonds. The van der Waals surface area contributed by atoms with Crippen LogP contribution in [0.5, 0.6) is 0 Å². The van der Waals surface area contributed by atoms with Gasteiger partial charge in [-0.05, 0) is 70.6 Å². The van der Waals surface area contributed by atoms with E-state index in [1.165, 1.54) is 218 Å². The quantitative estimate of drug-likeness (QED) is 0.0261. The molecule has 0 aliphatic heterocycles. The Morgan fingerprint density at radius 3 is 0.833 bits per heavy atom. The molecule has 422 valence electrons. The number of hydrogen-bond acceptors (Lipinski definition) is 6. The fourth-order valence-corrected chi connectivity index (χ4v) is 9.54. The SMILES string of the molecule is CCC/C=C\C/C=C\CCCCCCCC(=O)OC(COC(=O)CCCCCCCC)COC(=O)CCCCCCCCCCCCCCCCCCCCCCCCC/C=C\CCCCCCCCCC. The van der Waals surface area contributed by atoms with Crippen molar-refractivity contribution in [2.45, 2.75) is 354 Å². The summed E-state index contributed by atoms with van der Waals surface area (Å²) in [4.78, 5) is 37.8. The number of allylic oxidation sites excluding steroid dienone is 6. The van der Waals surface area contributed by atoms with E-state index in [9.17, 15) is 14.4 Å². The molecule has 0 aliphatic carbocycles. The first-order chi connectivity index (χ1) is 35.5. The van der Waals surface area contributed by atoms with Crippen LogP contribution in [0.15, 0.2) is 36.5 Å². The molecular weight excluding hydrogens is 889 g/mol. The highest BCUT2D eigenvalue weighted by Gasteiger charge is 2.19. The highest BCUT2D eigenvalue weighted by Crippen LogP contribution is 2.18. The van der Waals surface area contributed by atoms with Gasteiger partial charge in [0.15, 0.2) is 6.10 Å². The first-order valence-corrected chi connectivity index (χ1v) is 32.0. The van der Waals surface area contributed by atoms with Crippen LogP contribution < -0.4 is 0 Å². The average molecular weight is 1010 g/mol. The van der Waals surface area contributed by atoms with Gasteiger partial charge in [-0.15, -0.1) is 0 Å². The summed E-state index contributed by atoms with van der Waals surface area (Å²) in [6.45, 7) is 6.54. The zero-order chi connectivity index (χ0) is 52.2. The third-order valence-corrected chi connectivity index (χ3v) is 14.3. The normalized spacial score (nSPS) is 12.2. The minimum atomic E-state index is -0.773. The van der Waals surface area contributed by atoms with Gasteiger partial charge in [-0.1, -0.05) is 295 Å². The Morgan fingerprint density at radius 1 is 0.278 bits per heavy atom. The monoisotopic (exact) mass is 1010 g/mol. The maximum absolute atomic E-state index is 12.8. The molecule has 6 heteroatoms. The van der Waals surface area contributed by atoms with Gasteiger partial charge >= 0.3 is 17.9 Å². The van der Waals surface area contributed by atoms with Gasteiger partial charge < -0.3 is 14.2 Å². The van der Waals surface area contributed by atoms with E-state index in [0.29, 0.717) is 19.3 Å². The molecule has 1 unspecified atom stereocenters. The zero-order valence-corrected chi connectivity index (χ0v) is 48.5. The van der Waals surface area contributed by atoms with Gasteiger partial charge in [0, 0.05) is 19.3 Å². The topological polar surface area (TPSA) is 78.9 Å². The Morgan fingerprint density at radius 2 is 0.528 bits per heavy atom. The number of carbonyl (C=O) groups is 3. The Labute approximate surface area is 448 Å². The smallest absolute Gasteiger partial charge is 0.306 e. The molecule has 0 N–H and O–H groups in total. The van der Waals surface area contributed by atoms with Gasteiger partial charge in [0.1, 0.15) is 13.2 Å². The summed E-state index contributed by atoms with van der Waals surface area (Å²) in [5.41, 5.74) is 0. The van der Waals surface area contributed by atoms with Crippen LogP contribution in [-0.4, -0.2) is 37.2 Å². The summed E-state index contributed by atoms with van der Waals surface area (Å²) in [6, 6.07) is 0. The fourth-order valence-electron chi connectivity index (χ4n) is 9.54. The van der Waals surface area contributed by atoms with Crippen LogP contribution in [0.3, 0.4) is 0 Å². The fraction of sp³-hybridized carbons (Fsp3) is 0.864. The average Bonchev–Trinajstić information content (AvgIpc) is 3.38. The van der Waals surface area contributed by atoms with E-state index in [1.54, 1.807) is 0 Å². The predicted molar refractivity (Wildman–Crippen MR) is 312 cm³/mol. The lowest BCUT2D eigenvalue weighted by atomic mass is 10.0. The maximum atomic E-state index is 12.8. The first-order valence-electron chi connectivity index (χ1n) is 32.0. The van der Waals surface area contributed by atoms with Gasteiger partial charge in [-0.25, -0.2) is 0 Å². The van der Waals surface area contributed by atoms with E-state index < -0.39 is 6.10 Å². The molecule has 0 rings (SSSR count). The maximum Gasteiger partial charge on any atom is 0.306 e. The van der Waals surface area contributed by atoms with Crippen LogP contribution in [0.4, 0.5) is 0 Å². The molecule has 0 radical (unpaired) electrons. The highest BCUT2D eigenvalue weighted by atomic mass is 16.6. The van der Waals surface area contributed by atoms with Crippen molar-refractivity contribution < 1.29 is 28.6 Å². The van der Waals surface area contributed by atoms with Gasteiger partial charge in [0.25, 0.3) is 0 Å². The predicted octanol–water partition coefficient (Wildman–Crippen LogP) is 21.6. The van der Waals surface area contributed by atoms with Crippen LogP contribution in [0.2, 0.25) is 0 Å². The Balaban J connectivity index is 3.85. The molecule has 0 aliphatic rings. The molecule has 0 saturated heterocycles. The third-order valence-electron chi connectivity index (χ3n) is 14.3. The van der Waals surface area contributed by atoms with Crippen molar-refractivity contribution in [2.75, 3.05) is 13.2 Å². The molecule has 0 fully saturated rings. The Kier molecular flexibility index (Phi) is 59.2.